The van der Waals surface area contributed by atoms with Gasteiger partial charge >= 0.3 is 0 Å². The van der Waals surface area contributed by atoms with Crippen LogP contribution in [0.25, 0.3) is 0 Å². The normalized spacial score (nSPS) is 16.5. The molecule has 7 rings (SSSR count). The van der Waals surface area contributed by atoms with Gasteiger partial charge in [-0.3, -0.25) is 29.2 Å². The van der Waals surface area contributed by atoms with Crippen LogP contribution in [0, 0.1) is 13.8 Å². The van der Waals surface area contributed by atoms with Gasteiger partial charge in [-0.25, -0.2) is 9.97 Å². The molecule has 1 atom stereocenters. The van der Waals surface area contributed by atoms with Crippen molar-refractivity contribution in [3.63, 3.8) is 0 Å². The van der Waals surface area contributed by atoms with Crippen LogP contribution in [0.1, 0.15) is 63.0 Å². The Balaban J connectivity index is 0.999. The number of nitrogens with one attached hydrogen (secondary N) is 3. The Labute approximate surface area is 301 Å². The molecule has 4 heterocycles. The number of fused-ring (bicyclic) bond motifs is 2. The minimum atomic E-state index is -0.675. The van der Waals surface area contributed by atoms with Crippen molar-refractivity contribution in [2.45, 2.75) is 65.1 Å². The largest absolute Gasteiger partial charge is 0.338 e. The van der Waals surface area contributed by atoms with Crippen molar-refractivity contribution in [3.05, 3.63) is 112 Å². The maximum atomic E-state index is 13.5. The number of hydrogen-bond acceptors (Lipinski definition) is 9. The average molecular weight is 700 g/mol. The summed E-state index contributed by atoms with van der Waals surface area (Å²) in [5.41, 5.74) is 8.61. The lowest BCUT2D eigenvalue weighted by Gasteiger charge is -2.29. The van der Waals surface area contributed by atoms with Crippen LogP contribution in [-0.4, -0.2) is 65.8 Å². The first-order valence-electron chi connectivity index (χ1n) is 17.5. The number of benzene rings is 3. The van der Waals surface area contributed by atoms with Crippen LogP contribution in [0.3, 0.4) is 0 Å². The smallest absolute Gasteiger partial charge is 0.255 e. The quantitative estimate of drug-likeness (QED) is 0.222. The maximum absolute atomic E-state index is 13.5. The first-order chi connectivity index (χ1) is 25.1. The van der Waals surface area contributed by atoms with Crippen molar-refractivity contribution < 1.29 is 19.2 Å². The number of carbonyl (C=O) groups excluding carboxylic acids is 4. The number of anilines is 4. The number of piperidine rings is 1. The van der Waals surface area contributed by atoms with Crippen LogP contribution in [-0.2, 0) is 47.4 Å². The van der Waals surface area contributed by atoms with Gasteiger partial charge in [0, 0.05) is 68.7 Å². The summed E-state index contributed by atoms with van der Waals surface area (Å²) >= 11 is 0. The van der Waals surface area contributed by atoms with Crippen LogP contribution < -0.4 is 16.0 Å². The molecule has 3 aliphatic heterocycles. The highest BCUT2D eigenvalue weighted by molar-refractivity contribution is 6.05. The van der Waals surface area contributed by atoms with E-state index in [1.54, 1.807) is 41.3 Å². The molecular weight excluding hydrogens is 658 g/mol. The van der Waals surface area contributed by atoms with E-state index in [0.717, 1.165) is 45.6 Å². The Bertz CT molecular complexity index is 2120. The fourth-order valence-corrected chi connectivity index (χ4v) is 7.11. The fraction of sp³-hybridized carbons (Fsp3) is 0.308. The van der Waals surface area contributed by atoms with Gasteiger partial charge in [-0.1, -0.05) is 36.4 Å². The molecule has 0 bridgehead atoms. The molecule has 0 radical (unpaired) electrons. The van der Waals surface area contributed by atoms with Gasteiger partial charge in [-0.15, -0.1) is 0 Å². The van der Waals surface area contributed by atoms with Gasteiger partial charge in [0.05, 0.1) is 0 Å². The minimum absolute atomic E-state index is 0.0386. The van der Waals surface area contributed by atoms with Crippen molar-refractivity contribution in [2.75, 3.05) is 17.2 Å². The van der Waals surface area contributed by atoms with Gasteiger partial charge < -0.3 is 20.4 Å². The van der Waals surface area contributed by atoms with Crippen molar-refractivity contribution >= 4 is 46.8 Å². The van der Waals surface area contributed by atoms with Gasteiger partial charge in [0.25, 0.3) is 5.91 Å². The fourth-order valence-electron chi connectivity index (χ4n) is 7.11. The number of carbonyl (C=O) groups is 4. The summed E-state index contributed by atoms with van der Waals surface area (Å²) in [4.78, 5) is 63.4. The third-order valence-corrected chi connectivity index (χ3v) is 9.89. The molecule has 3 N–H and O–H groups in total. The van der Waals surface area contributed by atoms with Gasteiger partial charge in [-0.2, -0.15) is 5.10 Å². The van der Waals surface area contributed by atoms with Crippen molar-refractivity contribution in [2.24, 2.45) is 7.05 Å². The number of rotatable bonds is 8. The van der Waals surface area contributed by atoms with E-state index < -0.39 is 11.9 Å². The standard InChI is InChI=1S/C39H41N9O4/c1-24-6-4-7-25(2)36(24)43-33-16-18-40-39(41-23-46(3)45-33)42-29-12-10-26-17-19-47(21-28(26)20-29)35(50)15-11-27-8-5-9-30-31(27)22-48(38(30)52)32-13-14-34(49)44-37(32)51/h4-10,12,16,18,20,23,32H,11,13-15,17,19,21-22H2,1-3H3,(H,40,42)(H,43,45)(H,44,49,51). The van der Waals surface area contributed by atoms with E-state index in [9.17, 15) is 19.2 Å². The molecule has 0 aliphatic carbocycles. The first-order valence-corrected chi connectivity index (χ1v) is 17.5. The van der Waals surface area contributed by atoms with E-state index in [2.05, 4.69) is 63.1 Å². The molecule has 13 nitrogen and oxygen atoms in total. The van der Waals surface area contributed by atoms with Gasteiger partial charge in [0.2, 0.25) is 23.7 Å². The summed E-state index contributed by atoms with van der Waals surface area (Å²) in [6.45, 7) is 5.50. The third kappa shape index (κ3) is 7.34. The second-order valence-electron chi connectivity index (χ2n) is 13.5. The highest BCUT2D eigenvalue weighted by Crippen LogP contribution is 2.31. The molecule has 1 unspecified atom stereocenters. The number of nitrogens with zero attached hydrogens (tertiary/aromatic N) is 6. The van der Waals surface area contributed by atoms with Crippen LogP contribution in [0.2, 0.25) is 0 Å². The molecule has 266 valence electrons. The molecule has 0 saturated carbocycles. The molecule has 3 aromatic carbocycles. The average Bonchev–Trinajstić information content (AvgIpc) is 3.49. The number of imide groups is 1. The lowest BCUT2D eigenvalue weighted by molar-refractivity contribution is -0.137. The predicted molar refractivity (Wildman–Crippen MR) is 195 cm³/mol. The lowest BCUT2D eigenvalue weighted by atomic mass is 9.97. The second-order valence-corrected chi connectivity index (χ2v) is 13.5. The molecule has 3 aliphatic rings. The van der Waals surface area contributed by atoms with Crippen LogP contribution in [0.5, 0.6) is 0 Å². The first kappa shape index (κ1) is 34.3. The third-order valence-electron chi connectivity index (χ3n) is 9.89. The summed E-state index contributed by atoms with van der Waals surface area (Å²) in [5.74, 6) is 0.0799. The van der Waals surface area contributed by atoms with E-state index in [0.29, 0.717) is 49.7 Å². The maximum Gasteiger partial charge on any atom is 0.255 e. The topological polar surface area (TPSA) is 154 Å². The Kier molecular flexibility index (Phi) is 9.66. The molecule has 0 spiro atoms. The summed E-state index contributed by atoms with van der Waals surface area (Å²) in [6.07, 6.45) is 5.28. The van der Waals surface area contributed by atoms with E-state index in [-0.39, 0.29) is 30.7 Å². The number of para-hydroxylation sites is 1. The molecule has 13 heteroatoms. The summed E-state index contributed by atoms with van der Waals surface area (Å²) in [6, 6.07) is 18.9. The Morgan fingerprint density at radius 2 is 1.73 bits per heavy atom. The molecule has 1 aromatic heterocycles. The number of aryl methyl sites for hydroxylation is 4. The van der Waals surface area contributed by atoms with Crippen molar-refractivity contribution in [1.82, 2.24) is 34.9 Å². The minimum Gasteiger partial charge on any atom is -0.338 e. The van der Waals surface area contributed by atoms with E-state index in [1.807, 2.05) is 35.2 Å². The van der Waals surface area contributed by atoms with Gasteiger partial charge in [0.15, 0.2) is 5.82 Å². The highest BCUT2D eigenvalue weighted by atomic mass is 16.2. The zero-order valence-electron chi connectivity index (χ0n) is 29.5. The van der Waals surface area contributed by atoms with Gasteiger partial charge in [0.1, 0.15) is 12.4 Å². The molecule has 4 amide bonds. The van der Waals surface area contributed by atoms with E-state index in [4.69, 9.17) is 0 Å². The summed E-state index contributed by atoms with van der Waals surface area (Å²) < 4.78 is 1.62. The van der Waals surface area contributed by atoms with Crippen LogP contribution >= 0.6 is 0 Å². The summed E-state index contributed by atoms with van der Waals surface area (Å²) in [7, 11) is 1.80. The van der Waals surface area contributed by atoms with E-state index >= 15 is 0 Å². The Morgan fingerprint density at radius 3 is 2.54 bits per heavy atom. The molecule has 1 fully saturated rings. The van der Waals surface area contributed by atoms with E-state index in [1.165, 1.54) is 5.56 Å². The van der Waals surface area contributed by atoms with Crippen LogP contribution in [0.4, 0.5) is 23.1 Å². The zero-order chi connectivity index (χ0) is 36.4. The van der Waals surface area contributed by atoms with Crippen LogP contribution in [0.15, 0.2) is 73.2 Å². The molecule has 52 heavy (non-hydrogen) atoms. The highest BCUT2D eigenvalue weighted by Gasteiger charge is 2.39. The Hall–Kier alpha value is -6.11. The number of amides is 4. The molecule has 1 saturated heterocycles. The second kappa shape index (κ2) is 14.6. The van der Waals surface area contributed by atoms with Gasteiger partial charge in [-0.05, 0) is 84.7 Å². The molecule has 4 aromatic rings. The van der Waals surface area contributed by atoms with Crippen molar-refractivity contribution in [1.29, 1.82) is 0 Å². The predicted octanol–water partition coefficient (Wildman–Crippen LogP) is 4.72. The monoisotopic (exact) mass is 699 g/mol. The SMILES string of the molecule is Cc1cccc(C)c1Nc1ccnc(Nc2ccc3c(c2)CN(C(=O)CCc2cccc4c2CN(C2CCC(=O)NC2=O)C4=O)CC3)ncn(C)n1. The van der Waals surface area contributed by atoms with Crippen molar-refractivity contribution in [3.8, 4) is 0 Å². The molecular formula is C39H41N9O4. The zero-order valence-corrected chi connectivity index (χ0v) is 29.5. The Morgan fingerprint density at radius 1 is 0.923 bits per heavy atom. The lowest BCUT2D eigenvalue weighted by Crippen LogP contribution is -2.52. The summed E-state index contributed by atoms with van der Waals surface area (Å²) in [5, 5.41) is 13.7. The number of aromatic nitrogens is 4. The number of hydrogen-bond donors (Lipinski definition) is 3.